The largest absolute Gasteiger partial charge is 0.349 e. The molecule has 138 valence electrons. The van der Waals surface area contributed by atoms with Crippen LogP contribution in [0.15, 0.2) is 41.9 Å². The van der Waals surface area contributed by atoms with E-state index < -0.39 is 0 Å². The van der Waals surface area contributed by atoms with E-state index in [1.807, 2.05) is 35.9 Å². The van der Waals surface area contributed by atoms with Gasteiger partial charge in [0.15, 0.2) is 5.13 Å². The summed E-state index contributed by atoms with van der Waals surface area (Å²) in [4.78, 5) is 29.7. The molecule has 0 spiro atoms. The maximum atomic E-state index is 12.9. The van der Waals surface area contributed by atoms with Crippen molar-refractivity contribution in [2.45, 2.75) is 32.7 Å². The van der Waals surface area contributed by atoms with Gasteiger partial charge in [-0.1, -0.05) is 12.1 Å². The van der Waals surface area contributed by atoms with Crippen molar-refractivity contribution in [3.63, 3.8) is 0 Å². The van der Waals surface area contributed by atoms with Crippen molar-refractivity contribution >= 4 is 28.8 Å². The van der Waals surface area contributed by atoms with Crippen LogP contribution in [0.3, 0.4) is 0 Å². The molecule has 7 heteroatoms. The van der Waals surface area contributed by atoms with Crippen LogP contribution in [-0.4, -0.2) is 27.4 Å². The Balaban J connectivity index is 1.60. The summed E-state index contributed by atoms with van der Waals surface area (Å²) < 4.78 is 1.96. The van der Waals surface area contributed by atoms with E-state index in [2.05, 4.69) is 15.6 Å². The lowest BCUT2D eigenvalue weighted by molar-refractivity contribution is 0.0952. The number of thiazole rings is 1. The summed E-state index contributed by atoms with van der Waals surface area (Å²) in [6.45, 7) is 3.84. The number of hydrogen-bond acceptors (Lipinski definition) is 4. The smallest absolute Gasteiger partial charge is 0.257 e. The van der Waals surface area contributed by atoms with E-state index >= 15 is 0 Å². The number of carbonyl (C=O) groups is 2. The lowest BCUT2D eigenvalue weighted by Gasteiger charge is -2.11. The zero-order valence-electron chi connectivity index (χ0n) is 15.2. The first kappa shape index (κ1) is 17.5. The second-order valence-corrected chi connectivity index (χ2v) is 7.56. The third kappa shape index (κ3) is 3.50. The number of para-hydroxylation sites is 1. The second-order valence-electron chi connectivity index (χ2n) is 6.68. The third-order valence-corrected chi connectivity index (χ3v) is 5.38. The van der Waals surface area contributed by atoms with Gasteiger partial charge in [-0.3, -0.25) is 14.2 Å². The molecule has 1 aromatic carbocycles. The molecule has 2 heterocycles. The van der Waals surface area contributed by atoms with Gasteiger partial charge in [0.25, 0.3) is 11.8 Å². The highest BCUT2D eigenvalue weighted by atomic mass is 32.1. The van der Waals surface area contributed by atoms with Gasteiger partial charge in [0.1, 0.15) is 0 Å². The van der Waals surface area contributed by atoms with Gasteiger partial charge in [-0.05, 0) is 44.9 Å². The molecule has 0 aliphatic heterocycles. The average molecular weight is 380 g/mol. The predicted molar refractivity (Wildman–Crippen MR) is 106 cm³/mol. The van der Waals surface area contributed by atoms with E-state index in [1.165, 1.54) is 11.3 Å². The van der Waals surface area contributed by atoms with Gasteiger partial charge in [-0.25, -0.2) is 4.98 Å². The van der Waals surface area contributed by atoms with E-state index in [1.54, 1.807) is 24.4 Å². The molecular formula is C20H20N4O2S. The summed E-state index contributed by atoms with van der Waals surface area (Å²) in [7, 11) is 0. The summed E-state index contributed by atoms with van der Waals surface area (Å²) in [5, 5.41) is 8.60. The maximum absolute atomic E-state index is 12.9. The molecule has 6 nitrogen and oxygen atoms in total. The van der Waals surface area contributed by atoms with Gasteiger partial charge in [-0.2, -0.15) is 0 Å². The second kappa shape index (κ2) is 7.00. The van der Waals surface area contributed by atoms with Crippen LogP contribution < -0.4 is 10.6 Å². The normalized spacial score (nSPS) is 13.4. The number of anilines is 1. The SMILES string of the molecule is Cc1cc(C(=O)Nc2ccccc2C(=O)NC2CC2)c(C)n1-c1nccs1. The van der Waals surface area contributed by atoms with Crippen LogP contribution in [-0.2, 0) is 0 Å². The Morgan fingerprint density at radius 2 is 1.93 bits per heavy atom. The minimum Gasteiger partial charge on any atom is -0.349 e. The highest BCUT2D eigenvalue weighted by Gasteiger charge is 2.25. The van der Waals surface area contributed by atoms with Crippen LogP contribution in [0.5, 0.6) is 0 Å². The van der Waals surface area contributed by atoms with Crippen molar-refractivity contribution in [2.24, 2.45) is 0 Å². The van der Waals surface area contributed by atoms with Gasteiger partial charge in [0.2, 0.25) is 0 Å². The summed E-state index contributed by atoms with van der Waals surface area (Å²) >= 11 is 1.52. The average Bonchev–Trinajstić information content (AvgIpc) is 3.19. The molecule has 0 atom stereocenters. The number of carbonyl (C=O) groups excluding carboxylic acids is 2. The number of aromatic nitrogens is 2. The van der Waals surface area contributed by atoms with E-state index in [4.69, 9.17) is 0 Å². The van der Waals surface area contributed by atoms with Crippen LogP contribution >= 0.6 is 11.3 Å². The topological polar surface area (TPSA) is 76.0 Å². The molecule has 1 aliphatic rings. The van der Waals surface area contributed by atoms with Crippen molar-refractivity contribution in [3.8, 4) is 5.13 Å². The standard InChI is InChI=1S/C20H20N4O2S/c1-12-11-16(13(2)24(12)20-21-9-10-27-20)19(26)23-17-6-4-3-5-15(17)18(25)22-14-7-8-14/h3-6,9-11,14H,7-8H2,1-2H3,(H,22,25)(H,23,26). The molecule has 1 saturated carbocycles. The number of nitrogens with zero attached hydrogens (tertiary/aromatic N) is 2. The Kier molecular flexibility index (Phi) is 4.53. The minimum atomic E-state index is -0.238. The predicted octanol–water partition coefficient (Wildman–Crippen LogP) is 3.70. The van der Waals surface area contributed by atoms with Crippen LogP contribution in [0.25, 0.3) is 5.13 Å². The molecule has 0 bridgehead atoms. The molecule has 27 heavy (non-hydrogen) atoms. The number of nitrogens with one attached hydrogen (secondary N) is 2. The lowest BCUT2D eigenvalue weighted by atomic mass is 10.1. The number of hydrogen-bond donors (Lipinski definition) is 2. The van der Waals surface area contributed by atoms with Crippen LogP contribution in [0.4, 0.5) is 5.69 Å². The Bertz CT molecular complexity index is 1000. The van der Waals surface area contributed by atoms with Crippen molar-refractivity contribution in [1.82, 2.24) is 14.9 Å². The van der Waals surface area contributed by atoms with Gasteiger partial charge in [0.05, 0.1) is 16.8 Å². The Labute approximate surface area is 161 Å². The summed E-state index contributed by atoms with van der Waals surface area (Å²) in [5.41, 5.74) is 3.32. The zero-order chi connectivity index (χ0) is 19.0. The van der Waals surface area contributed by atoms with E-state index in [9.17, 15) is 9.59 Å². The summed E-state index contributed by atoms with van der Waals surface area (Å²) in [5.74, 6) is -0.390. The molecule has 1 fully saturated rings. The van der Waals surface area contributed by atoms with E-state index in [0.29, 0.717) is 16.8 Å². The van der Waals surface area contributed by atoms with Crippen molar-refractivity contribution in [1.29, 1.82) is 0 Å². The van der Waals surface area contributed by atoms with Gasteiger partial charge >= 0.3 is 0 Å². The van der Waals surface area contributed by atoms with Gasteiger partial charge < -0.3 is 10.6 Å². The van der Waals surface area contributed by atoms with Crippen LogP contribution in [0, 0.1) is 13.8 Å². The Hall–Kier alpha value is -2.93. The number of aryl methyl sites for hydroxylation is 1. The first-order valence-electron chi connectivity index (χ1n) is 8.84. The van der Waals surface area contributed by atoms with Crippen molar-refractivity contribution in [2.75, 3.05) is 5.32 Å². The number of rotatable bonds is 5. The third-order valence-electron chi connectivity index (χ3n) is 4.62. The molecule has 2 amide bonds. The first-order valence-corrected chi connectivity index (χ1v) is 9.72. The highest BCUT2D eigenvalue weighted by Crippen LogP contribution is 2.25. The number of amides is 2. The molecule has 0 saturated heterocycles. The molecule has 2 aromatic heterocycles. The molecule has 0 radical (unpaired) electrons. The molecule has 1 aliphatic carbocycles. The van der Waals surface area contributed by atoms with Crippen molar-refractivity contribution in [3.05, 3.63) is 64.4 Å². The molecule has 0 unspecified atom stereocenters. The fraction of sp³-hybridized carbons (Fsp3) is 0.250. The summed E-state index contributed by atoms with van der Waals surface area (Å²) in [6, 6.07) is 9.19. The molecule has 2 N–H and O–H groups in total. The van der Waals surface area contributed by atoms with Crippen molar-refractivity contribution < 1.29 is 9.59 Å². The fourth-order valence-electron chi connectivity index (χ4n) is 3.08. The summed E-state index contributed by atoms with van der Waals surface area (Å²) in [6.07, 6.45) is 3.78. The van der Waals surface area contributed by atoms with Gasteiger partial charge in [0, 0.05) is 29.0 Å². The van der Waals surface area contributed by atoms with Crippen LogP contribution in [0.1, 0.15) is 44.9 Å². The Morgan fingerprint density at radius 1 is 1.15 bits per heavy atom. The highest BCUT2D eigenvalue weighted by molar-refractivity contribution is 7.12. The molecule has 3 aromatic rings. The quantitative estimate of drug-likeness (QED) is 0.709. The van der Waals surface area contributed by atoms with E-state index in [-0.39, 0.29) is 17.9 Å². The number of benzene rings is 1. The Morgan fingerprint density at radius 3 is 2.63 bits per heavy atom. The van der Waals surface area contributed by atoms with Gasteiger partial charge in [-0.15, -0.1) is 11.3 Å². The molecule has 4 rings (SSSR count). The zero-order valence-corrected chi connectivity index (χ0v) is 16.0. The van der Waals surface area contributed by atoms with Crippen LogP contribution in [0.2, 0.25) is 0 Å². The fourth-order valence-corrected chi connectivity index (χ4v) is 3.84. The van der Waals surface area contributed by atoms with E-state index in [0.717, 1.165) is 29.4 Å². The maximum Gasteiger partial charge on any atom is 0.257 e. The lowest BCUT2D eigenvalue weighted by Crippen LogP contribution is -2.27. The minimum absolute atomic E-state index is 0.151. The first-order chi connectivity index (χ1) is 13.0. The monoisotopic (exact) mass is 380 g/mol. The molecular weight excluding hydrogens is 360 g/mol.